The summed E-state index contributed by atoms with van der Waals surface area (Å²) >= 11 is 0. The van der Waals surface area contributed by atoms with Crippen LogP contribution in [0.3, 0.4) is 0 Å². The molecule has 1 aromatic rings. The normalized spacial score (nSPS) is 13.6. The number of aliphatic hydroxyl groups excluding tert-OH is 1. The summed E-state index contributed by atoms with van der Waals surface area (Å²) in [6.45, 7) is 0. The van der Waals surface area contributed by atoms with Crippen molar-refractivity contribution in [1.82, 2.24) is 0 Å². The van der Waals surface area contributed by atoms with E-state index in [0.29, 0.717) is 6.07 Å². The number of aliphatic hydroxyl groups is 1. The van der Waals surface area contributed by atoms with Gasteiger partial charge in [0.25, 0.3) is 0 Å². The summed E-state index contributed by atoms with van der Waals surface area (Å²) in [6.07, 6.45) is -7.60. The number of alkyl halides is 3. The van der Waals surface area contributed by atoms with Crippen LogP contribution in [0.1, 0.15) is 11.7 Å². The smallest absolute Gasteiger partial charge is 0.418 e. The van der Waals surface area contributed by atoms with Gasteiger partial charge < -0.3 is 20.1 Å². The third-order valence-corrected chi connectivity index (χ3v) is 1.92. The van der Waals surface area contributed by atoms with Gasteiger partial charge in [0, 0.05) is 0 Å². The summed E-state index contributed by atoms with van der Waals surface area (Å²) in [5, 5.41) is 27.2. The van der Waals surface area contributed by atoms with Gasteiger partial charge in [-0.3, -0.25) is 0 Å². The quantitative estimate of drug-likeness (QED) is 0.686. The molecule has 0 aliphatic carbocycles. The zero-order chi connectivity index (χ0) is 12.5. The molecule has 0 heterocycles. The van der Waals surface area contributed by atoms with Crippen molar-refractivity contribution in [1.29, 1.82) is 0 Å². The van der Waals surface area contributed by atoms with Crippen molar-refractivity contribution in [3.05, 3.63) is 17.7 Å². The van der Waals surface area contributed by atoms with E-state index in [1.807, 2.05) is 0 Å². The molecular formula is C9H9F3O4. The van der Waals surface area contributed by atoms with Gasteiger partial charge in [-0.1, -0.05) is 0 Å². The van der Waals surface area contributed by atoms with Crippen molar-refractivity contribution in [3.8, 4) is 17.2 Å². The highest BCUT2D eigenvalue weighted by atomic mass is 19.4. The topological polar surface area (TPSA) is 69.9 Å². The summed E-state index contributed by atoms with van der Waals surface area (Å²) in [7, 11) is 1.11. The molecule has 0 fully saturated rings. The van der Waals surface area contributed by atoms with E-state index < -0.39 is 29.3 Å². The van der Waals surface area contributed by atoms with Crippen LogP contribution in [0, 0.1) is 0 Å². The van der Waals surface area contributed by atoms with Crippen molar-refractivity contribution in [2.45, 2.75) is 12.3 Å². The second kappa shape index (κ2) is 4.09. The molecule has 3 N–H and O–H groups in total. The molecule has 0 radical (unpaired) electrons. The zero-order valence-corrected chi connectivity index (χ0v) is 8.12. The monoisotopic (exact) mass is 238 g/mol. The van der Waals surface area contributed by atoms with Crippen LogP contribution in [0.25, 0.3) is 0 Å². The van der Waals surface area contributed by atoms with Crippen molar-refractivity contribution in [3.63, 3.8) is 0 Å². The van der Waals surface area contributed by atoms with Gasteiger partial charge >= 0.3 is 6.18 Å². The SMILES string of the molecule is COc1cc(C(O)C(F)(F)F)cc(O)c1O. The second-order valence-electron chi connectivity index (χ2n) is 3.04. The molecule has 16 heavy (non-hydrogen) atoms. The Balaban J connectivity index is 3.21. The van der Waals surface area contributed by atoms with Gasteiger partial charge in [0.2, 0.25) is 5.75 Å². The Morgan fingerprint density at radius 3 is 2.25 bits per heavy atom. The van der Waals surface area contributed by atoms with Crippen molar-refractivity contribution >= 4 is 0 Å². The molecule has 0 saturated heterocycles. The minimum atomic E-state index is -4.85. The molecule has 7 heteroatoms. The number of rotatable bonds is 2. The first-order chi connectivity index (χ1) is 7.27. The highest BCUT2D eigenvalue weighted by Gasteiger charge is 2.40. The number of hydrogen-bond acceptors (Lipinski definition) is 4. The second-order valence-corrected chi connectivity index (χ2v) is 3.04. The van der Waals surface area contributed by atoms with E-state index in [2.05, 4.69) is 4.74 Å². The van der Waals surface area contributed by atoms with Crippen LogP contribution in [0.4, 0.5) is 13.2 Å². The van der Waals surface area contributed by atoms with E-state index in [-0.39, 0.29) is 5.75 Å². The van der Waals surface area contributed by atoms with E-state index >= 15 is 0 Å². The van der Waals surface area contributed by atoms with E-state index in [9.17, 15) is 13.2 Å². The first kappa shape index (κ1) is 12.4. The minimum absolute atomic E-state index is 0.349. The standard InChI is InChI=1S/C9H9F3O4/c1-16-6-3-4(2-5(13)7(6)14)8(15)9(10,11)12/h2-3,8,13-15H,1H3. The average molecular weight is 238 g/mol. The third kappa shape index (κ3) is 2.30. The summed E-state index contributed by atoms with van der Waals surface area (Å²) in [4.78, 5) is 0. The van der Waals surface area contributed by atoms with Crippen LogP contribution < -0.4 is 4.74 Å². The summed E-state index contributed by atoms with van der Waals surface area (Å²) in [6, 6.07) is 1.42. The molecule has 4 nitrogen and oxygen atoms in total. The summed E-state index contributed by atoms with van der Waals surface area (Å²) in [5.41, 5.74) is -0.611. The number of phenolic OH excluding ortho intramolecular Hbond substituents is 2. The number of hydrogen-bond donors (Lipinski definition) is 3. The Bertz CT molecular complexity index is 389. The maximum atomic E-state index is 12.2. The molecule has 0 spiro atoms. The average Bonchev–Trinajstić information content (AvgIpc) is 2.19. The lowest BCUT2D eigenvalue weighted by atomic mass is 10.1. The van der Waals surface area contributed by atoms with Crippen LogP contribution in [0.2, 0.25) is 0 Å². The number of methoxy groups -OCH3 is 1. The van der Waals surface area contributed by atoms with E-state index in [0.717, 1.165) is 13.2 Å². The third-order valence-electron chi connectivity index (χ3n) is 1.92. The number of halogens is 3. The lowest BCUT2D eigenvalue weighted by Crippen LogP contribution is -2.20. The van der Waals surface area contributed by atoms with Gasteiger partial charge in [-0.15, -0.1) is 0 Å². The largest absolute Gasteiger partial charge is 0.504 e. The fourth-order valence-electron chi connectivity index (χ4n) is 1.12. The predicted octanol–water partition coefficient (Wildman–Crippen LogP) is 1.70. The molecule has 1 aromatic carbocycles. The van der Waals surface area contributed by atoms with Gasteiger partial charge in [0.1, 0.15) is 0 Å². The molecule has 1 unspecified atom stereocenters. The molecule has 1 atom stereocenters. The number of phenols is 2. The van der Waals surface area contributed by atoms with Crippen LogP contribution in [0.15, 0.2) is 12.1 Å². The van der Waals surface area contributed by atoms with E-state index in [1.165, 1.54) is 0 Å². The number of ether oxygens (including phenoxy) is 1. The Morgan fingerprint density at radius 2 is 1.81 bits per heavy atom. The van der Waals surface area contributed by atoms with Gasteiger partial charge in [-0.05, 0) is 17.7 Å². The van der Waals surface area contributed by atoms with Gasteiger partial charge in [0.15, 0.2) is 17.6 Å². The Labute approximate surface area is 88.5 Å². The van der Waals surface area contributed by atoms with E-state index in [4.69, 9.17) is 15.3 Å². The van der Waals surface area contributed by atoms with Crippen molar-refractivity contribution < 1.29 is 33.2 Å². The molecule has 0 aliphatic rings. The number of benzene rings is 1. The van der Waals surface area contributed by atoms with Gasteiger partial charge in [-0.25, -0.2) is 0 Å². The molecule has 0 amide bonds. The molecule has 90 valence electrons. The molecule has 0 saturated carbocycles. The predicted molar refractivity (Wildman–Crippen MR) is 47.3 cm³/mol. The lowest BCUT2D eigenvalue weighted by Gasteiger charge is -2.16. The minimum Gasteiger partial charge on any atom is -0.504 e. The molecule has 0 bridgehead atoms. The van der Waals surface area contributed by atoms with Gasteiger partial charge in [-0.2, -0.15) is 13.2 Å². The molecular weight excluding hydrogens is 229 g/mol. The highest BCUT2D eigenvalue weighted by Crippen LogP contribution is 2.41. The Kier molecular flexibility index (Phi) is 3.18. The lowest BCUT2D eigenvalue weighted by molar-refractivity contribution is -0.206. The molecule has 0 aliphatic heterocycles. The fourth-order valence-corrected chi connectivity index (χ4v) is 1.12. The Hall–Kier alpha value is -1.63. The maximum Gasteiger partial charge on any atom is 0.418 e. The van der Waals surface area contributed by atoms with Crippen LogP contribution in [-0.2, 0) is 0 Å². The van der Waals surface area contributed by atoms with Crippen LogP contribution in [-0.4, -0.2) is 28.6 Å². The highest BCUT2D eigenvalue weighted by molar-refractivity contribution is 5.52. The Morgan fingerprint density at radius 1 is 1.25 bits per heavy atom. The first-order valence-corrected chi connectivity index (χ1v) is 4.12. The van der Waals surface area contributed by atoms with Crippen molar-refractivity contribution in [2.75, 3.05) is 7.11 Å². The molecule has 1 rings (SSSR count). The van der Waals surface area contributed by atoms with Crippen LogP contribution in [0.5, 0.6) is 17.2 Å². The molecule has 0 aromatic heterocycles. The van der Waals surface area contributed by atoms with E-state index in [1.54, 1.807) is 0 Å². The first-order valence-electron chi connectivity index (χ1n) is 4.12. The maximum absolute atomic E-state index is 12.2. The number of aromatic hydroxyl groups is 2. The fraction of sp³-hybridized carbons (Fsp3) is 0.333. The van der Waals surface area contributed by atoms with Gasteiger partial charge in [0.05, 0.1) is 7.11 Å². The van der Waals surface area contributed by atoms with Crippen LogP contribution >= 0.6 is 0 Å². The summed E-state index contributed by atoms with van der Waals surface area (Å²) in [5.74, 6) is -1.82. The van der Waals surface area contributed by atoms with Crippen molar-refractivity contribution in [2.24, 2.45) is 0 Å². The zero-order valence-electron chi connectivity index (χ0n) is 8.12. The summed E-state index contributed by atoms with van der Waals surface area (Å²) < 4.78 is 41.0.